The van der Waals surface area contributed by atoms with Crippen molar-refractivity contribution in [1.29, 1.82) is 0 Å². The van der Waals surface area contributed by atoms with E-state index in [0.29, 0.717) is 6.10 Å². The molecule has 3 nitrogen and oxygen atoms in total. The summed E-state index contributed by atoms with van der Waals surface area (Å²) in [5.41, 5.74) is 0. The quantitative estimate of drug-likeness (QED) is 0.647. The van der Waals surface area contributed by atoms with E-state index in [1.165, 1.54) is 25.7 Å². The molecule has 16 heavy (non-hydrogen) atoms. The highest BCUT2D eigenvalue weighted by Gasteiger charge is 2.13. The van der Waals surface area contributed by atoms with Crippen LogP contribution in [-0.4, -0.2) is 39.0 Å². The summed E-state index contributed by atoms with van der Waals surface area (Å²) in [6, 6.07) is 0. The van der Waals surface area contributed by atoms with Gasteiger partial charge in [0.25, 0.3) is 0 Å². The Morgan fingerprint density at radius 3 is 2.88 bits per heavy atom. The van der Waals surface area contributed by atoms with E-state index in [2.05, 4.69) is 19.2 Å². The van der Waals surface area contributed by atoms with Crippen LogP contribution in [0.15, 0.2) is 0 Å². The van der Waals surface area contributed by atoms with E-state index in [9.17, 15) is 0 Å². The molecule has 0 spiro atoms. The summed E-state index contributed by atoms with van der Waals surface area (Å²) in [6.07, 6.45) is 5.27. The highest BCUT2D eigenvalue weighted by Crippen LogP contribution is 2.12. The van der Waals surface area contributed by atoms with Crippen LogP contribution in [0.25, 0.3) is 0 Å². The predicted molar refractivity (Wildman–Crippen MR) is 66.7 cm³/mol. The molecule has 1 aliphatic rings. The van der Waals surface area contributed by atoms with Gasteiger partial charge >= 0.3 is 0 Å². The minimum absolute atomic E-state index is 0.351. The molecule has 1 heterocycles. The van der Waals surface area contributed by atoms with Crippen LogP contribution in [0.5, 0.6) is 0 Å². The number of rotatable bonds is 8. The largest absolute Gasteiger partial charge is 0.377 e. The Balaban J connectivity index is 1.80. The van der Waals surface area contributed by atoms with E-state index in [0.717, 1.165) is 38.8 Å². The molecule has 96 valence electrons. The summed E-state index contributed by atoms with van der Waals surface area (Å²) in [7, 11) is 0. The smallest absolute Gasteiger partial charge is 0.0808 e. The summed E-state index contributed by atoms with van der Waals surface area (Å²) in [5.74, 6) is 0.782. The first kappa shape index (κ1) is 13.9. The topological polar surface area (TPSA) is 30.5 Å². The Morgan fingerprint density at radius 2 is 2.19 bits per heavy atom. The van der Waals surface area contributed by atoms with Crippen molar-refractivity contribution in [3.05, 3.63) is 0 Å². The Morgan fingerprint density at radius 1 is 1.31 bits per heavy atom. The van der Waals surface area contributed by atoms with Crippen LogP contribution in [0.4, 0.5) is 0 Å². The first-order chi connectivity index (χ1) is 7.79. The number of ether oxygens (including phenoxy) is 2. The van der Waals surface area contributed by atoms with Gasteiger partial charge in [-0.05, 0) is 38.1 Å². The van der Waals surface area contributed by atoms with Gasteiger partial charge in [-0.15, -0.1) is 0 Å². The fourth-order valence-corrected chi connectivity index (χ4v) is 1.81. The minimum atomic E-state index is 0.351. The second-order valence-electron chi connectivity index (χ2n) is 5.00. The third-order valence-corrected chi connectivity index (χ3v) is 2.90. The van der Waals surface area contributed by atoms with Crippen LogP contribution in [0.3, 0.4) is 0 Å². The molecule has 1 fully saturated rings. The van der Waals surface area contributed by atoms with Crippen LogP contribution in [0.1, 0.15) is 39.5 Å². The van der Waals surface area contributed by atoms with Crippen molar-refractivity contribution in [2.24, 2.45) is 5.92 Å². The SMILES string of the molecule is CC(C)CCNCCOCC1CCCCO1. The van der Waals surface area contributed by atoms with Gasteiger partial charge in [0.2, 0.25) is 0 Å². The fourth-order valence-electron chi connectivity index (χ4n) is 1.81. The van der Waals surface area contributed by atoms with Gasteiger partial charge in [-0.3, -0.25) is 0 Å². The monoisotopic (exact) mass is 229 g/mol. The molecular weight excluding hydrogens is 202 g/mol. The van der Waals surface area contributed by atoms with E-state index in [4.69, 9.17) is 9.47 Å². The van der Waals surface area contributed by atoms with Crippen LogP contribution >= 0.6 is 0 Å². The molecule has 1 aliphatic heterocycles. The summed E-state index contributed by atoms with van der Waals surface area (Å²) in [6.45, 7) is 9.04. The van der Waals surface area contributed by atoms with E-state index >= 15 is 0 Å². The number of hydrogen-bond acceptors (Lipinski definition) is 3. The lowest BCUT2D eigenvalue weighted by molar-refractivity contribution is -0.0398. The Kier molecular flexibility index (Phi) is 7.81. The highest BCUT2D eigenvalue weighted by molar-refractivity contribution is 4.62. The Bertz CT molecular complexity index is 156. The third-order valence-electron chi connectivity index (χ3n) is 2.90. The maximum Gasteiger partial charge on any atom is 0.0808 e. The molecule has 0 aromatic heterocycles. The molecule has 1 unspecified atom stereocenters. The highest BCUT2D eigenvalue weighted by atomic mass is 16.5. The molecule has 1 N–H and O–H groups in total. The summed E-state index contributed by atoms with van der Waals surface area (Å²) >= 11 is 0. The van der Waals surface area contributed by atoms with E-state index in [1.54, 1.807) is 0 Å². The van der Waals surface area contributed by atoms with Crippen molar-refractivity contribution >= 4 is 0 Å². The van der Waals surface area contributed by atoms with E-state index in [-0.39, 0.29) is 0 Å². The fraction of sp³-hybridized carbons (Fsp3) is 1.00. The second kappa shape index (κ2) is 8.97. The Hall–Kier alpha value is -0.120. The second-order valence-corrected chi connectivity index (χ2v) is 5.00. The zero-order valence-electron chi connectivity index (χ0n) is 10.8. The lowest BCUT2D eigenvalue weighted by Gasteiger charge is -2.22. The minimum Gasteiger partial charge on any atom is -0.377 e. The van der Waals surface area contributed by atoms with Crippen molar-refractivity contribution in [1.82, 2.24) is 5.32 Å². The van der Waals surface area contributed by atoms with Crippen molar-refractivity contribution in [3.63, 3.8) is 0 Å². The zero-order chi connectivity index (χ0) is 11.6. The van der Waals surface area contributed by atoms with Crippen molar-refractivity contribution in [3.8, 4) is 0 Å². The van der Waals surface area contributed by atoms with Gasteiger partial charge in [-0.1, -0.05) is 13.8 Å². The molecule has 3 heteroatoms. The zero-order valence-corrected chi connectivity index (χ0v) is 10.8. The summed E-state index contributed by atoms with van der Waals surface area (Å²) in [4.78, 5) is 0. The lowest BCUT2D eigenvalue weighted by Crippen LogP contribution is -2.27. The molecule has 0 amide bonds. The molecule has 1 rings (SSSR count). The van der Waals surface area contributed by atoms with Crippen LogP contribution in [0, 0.1) is 5.92 Å². The predicted octanol–water partition coefficient (Wildman–Crippen LogP) is 2.21. The average molecular weight is 229 g/mol. The maximum atomic E-state index is 5.59. The van der Waals surface area contributed by atoms with Gasteiger partial charge in [0.15, 0.2) is 0 Å². The molecule has 0 saturated carbocycles. The number of nitrogens with one attached hydrogen (secondary N) is 1. The Labute approximate surface area is 99.9 Å². The van der Waals surface area contributed by atoms with Gasteiger partial charge in [-0.25, -0.2) is 0 Å². The molecule has 0 aliphatic carbocycles. The van der Waals surface area contributed by atoms with Gasteiger partial charge in [0.05, 0.1) is 19.3 Å². The standard InChI is InChI=1S/C13H27NO2/c1-12(2)6-7-14-8-10-15-11-13-5-3-4-9-16-13/h12-14H,3-11H2,1-2H3. The van der Waals surface area contributed by atoms with Crippen molar-refractivity contribution < 1.29 is 9.47 Å². The maximum absolute atomic E-state index is 5.59. The molecule has 0 aromatic rings. The van der Waals surface area contributed by atoms with Gasteiger partial charge in [0, 0.05) is 13.2 Å². The van der Waals surface area contributed by atoms with Gasteiger partial charge in [-0.2, -0.15) is 0 Å². The van der Waals surface area contributed by atoms with Crippen LogP contribution < -0.4 is 5.32 Å². The molecule has 0 radical (unpaired) electrons. The molecule has 0 bridgehead atoms. The normalized spacial score (nSPS) is 21.6. The van der Waals surface area contributed by atoms with E-state index < -0.39 is 0 Å². The third kappa shape index (κ3) is 7.20. The first-order valence-electron chi connectivity index (χ1n) is 6.69. The molecule has 1 atom stereocenters. The number of hydrogen-bond donors (Lipinski definition) is 1. The first-order valence-corrected chi connectivity index (χ1v) is 6.69. The molecular formula is C13H27NO2. The average Bonchev–Trinajstić information content (AvgIpc) is 2.29. The molecule has 0 aromatic carbocycles. The van der Waals surface area contributed by atoms with E-state index in [1.807, 2.05) is 0 Å². The van der Waals surface area contributed by atoms with Gasteiger partial charge < -0.3 is 14.8 Å². The summed E-state index contributed by atoms with van der Waals surface area (Å²) in [5, 5.41) is 3.39. The van der Waals surface area contributed by atoms with Crippen LogP contribution in [0.2, 0.25) is 0 Å². The molecule has 1 saturated heterocycles. The van der Waals surface area contributed by atoms with Gasteiger partial charge in [0.1, 0.15) is 0 Å². The van der Waals surface area contributed by atoms with Crippen molar-refractivity contribution in [2.45, 2.75) is 45.6 Å². The van der Waals surface area contributed by atoms with Crippen LogP contribution in [-0.2, 0) is 9.47 Å². The summed E-state index contributed by atoms with van der Waals surface area (Å²) < 4.78 is 11.2. The lowest BCUT2D eigenvalue weighted by atomic mass is 10.1. The van der Waals surface area contributed by atoms with Crippen molar-refractivity contribution in [2.75, 3.05) is 32.9 Å².